The number of rotatable bonds is 21. The average Bonchev–Trinajstić information content (AvgIpc) is 1.55. The molecular weight excluding hydrogens is 1810 g/mol. The van der Waals surface area contributed by atoms with Crippen LogP contribution >= 0.6 is 0 Å². The maximum absolute atomic E-state index is 2.41. The van der Waals surface area contributed by atoms with Gasteiger partial charge in [-0.2, -0.15) is 0 Å². The molecule has 0 heterocycles. The second-order valence-electron chi connectivity index (χ2n) is 38.7. The highest BCUT2D eigenvalue weighted by Crippen LogP contribution is 2.61. The number of fused-ring (bicyclic) bond motifs is 9. The van der Waals surface area contributed by atoms with E-state index in [0.29, 0.717) is 0 Å². The molecule has 0 N–H and O–H groups in total. The Morgan fingerprint density at radius 2 is 0.287 bits per heavy atom. The van der Waals surface area contributed by atoms with Crippen molar-refractivity contribution in [3.63, 3.8) is 0 Å². The first kappa shape index (κ1) is 91.9. The minimum atomic E-state index is -0.432. The van der Waals surface area contributed by atoms with Gasteiger partial charge in [-0.15, -0.1) is 0 Å². The van der Waals surface area contributed by atoms with Gasteiger partial charge in [0.15, 0.2) is 0 Å². The summed E-state index contributed by atoms with van der Waals surface area (Å²) < 4.78 is 0. The number of anilines is 9. The summed E-state index contributed by atoms with van der Waals surface area (Å²) in [6, 6.07) is 231. The van der Waals surface area contributed by atoms with Crippen molar-refractivity contribution in [2.24, 2.45) is 0 Å². The van der Waals surface area contributed by atoms with Gasteiger partial charge in [-0.1, -0.05) is 522 Å². The zero-order chi connectivity index (χ0) is 100.0. The predicted octanol–water partition coefficient (Wildman–Crippen LogP) is 38.6. The van der Waals surface area contributed by atoms with Crippen LogP contribution in [-0.4, -0.2) is 0 Å². The van der Waals surface area contributed by atoms with Gasteiger partial charge >= 0.3 is 0 Å². The molecule has 3 aliphatic carbocycles. The van der Waals surface area contributed by atoms with Crippen LogP contribution in [-0.2, 0) is 16.2 Å². The minimum absolute atomic E-state index is 0.414. The lowest BCUT2D eigenvalue weighted by Gasteiger charge is -2.34. The van der Waals surface area contributed by atoms with Crippen LogP contribution in [0, 0.1) is 0 Å². The largest absolute Gasteiger partial charge is 0.311 e. The molecule has 3 heteroatoms. The van der Waals surface area contributed by atoms with Crippen LogP contribution in [0.25, 0.3) is 100 Å². The average molecular weight is 1910 g/mol. The number of benzene rings is 24. The van der Waals surface area contributed by atoms with Crippen LogP contribution in [0.2, 0.25) is 0 Å². The summed E-state index contributed by atoms with van der Waals surface area (Å²) in [7, 11) is 0. The van der Waals surface area contributed by atoms with E-state index in [1.54, 1.807) is 0 Å². The molecule has 24 aromatic carbocycles. The summed E-state index contributed by atoms with van der Waals surface area (Å²) in [5, 5.41) is 0. The second-order valence-corrected chi connectivity index (χ2v) is 38.7. The Bertz CT molecular complexity index is 8720. The van der Waals surface area contributed by atoms with E-state index in [4.69, 9.17) is 0 Å². The van der Waals surface area contributed by atoms with Crippen molar-refractivity contribution in [1.82, 2.24) is 0 Å². The molecule has 0 saturated carbocycles. The molecule has 0 radical (unpaired) electrons. The van der Waals surface area contributed by atoms with Crippen LogP contribution < -0.4 is 14.7 Å². The first-order chi connectivity index (χ1) is 74.4. The quantitative estimate of drug-likeness (QED) is 0.0710. The van der Waals surface area contributed by atoms with E-state index in [0.717, 1.165) is 51.2 Å². The topological polar surface area (TPSA) is 9.72 Å². The maximum atomic E-state index is 2.41. The first-order valence-corrected chi connectivity index (χ1v) is 51.8. The summed E-state index contributed by atoms with van der Waals surface area (Å²) in [5.74, 6) is 0. The first-order valence-electron chi connectivity index (χ1n) is 51.8. The Kier molecular flexibility index (Phi) is 24.9. The molecule has 708 valence electrons. The molecule has 3 nitrogen and oxygen atoms in total. The highest BCUT2D eigenvalue weighted by atomic mass is 15.2. The van der Waals surface area contributed by atoms with Crippen LogP contribution in [0.3, 0.4) is 0 Å². The Morgan fingerprint density at radius 1 is 0.100 bits per heavy atom. The van der Waals surface area contributed by atoms with Crippen LogP contribution in [0.4, 0.5) is 51.2 Å². The minimum Gasteiger partial charge on any atom is -0.311 e. The third kappa shape index (κ3) is 16.8. The summed E-state index contributed by atoms with van der Waals surface area (Å²) in [6.45, 7) is 0. The van der Waals surface area contributed by atoms with E-state index in [-0.39, 0.29) is 0 Å². The normalized spacial score (nSPS) is 12.6. The Morgan fingerprint density at radius 3 is 0.613 bits per heavy atom. The fraction of sp³-hybridized carbons (Fsp3) is 0.0204. The molecule has 0 fully saturated rings. The molecule has 0 amide bonds. The molecule has 27 rings (SSSR count). The van der Waals surface area contributed by atoms with Gasteiger partial charge in [0.2, 0.25) is 0 Å². The molecule has 3 aliphatic rings. The van der Waals surface area contributed by atoms with Gasteiger partial charge < -0.3 is 14.7 Å². The number of hydrogen-bond acceptors (Lipinski definition) is 3. The van der Waals surface area contributed by atoms with Crippen molar-refractivity contribution in [3.05, 3.63) is 704 Å². The zero-order valence-corrected chi connectivity index (χ0v) is 83.0. The fourth-order valence-corrected chi connectivity index (χ4v) is 23.8. The van der Waals surface area contributed by atoms with Gasteiger partial charge in [0.1, 0.15) is 0 Å². The zero-order valence-electron chi connectivity index (χ0n) is 83.0. The van der Waals surface area contributed by atoms with Gasteiger partial charge in [0.05, 0.1) is 21.9 Å². The lowest BCUT2D eigenvalue weighted by atomic mass is 9.67. The lowest BCUT2D eigenvalue weighted by Crippen LogP contribution is -2.28. The number of para-hydroxylation sites is 4. The molecule has 0 aliphatic heterocycles. The molecule has 0 saturated heterocycles. The lowest BCUT2D eigenvalue weighted by molar-refractivity contribution is 0.768. The van der Waals surface area contributed by atoms with Crippen molar-refractivity contribution >= 4 is 51.2 Å². The molecule has 0 aromatic heterocycles. The monoisotopic (exact) mass is 1910 g/mol. The molecular formula is C147H105N3. The van der Waals surface area contributed by atoms with Crippen molar-refractivity contribution in [1.29, 1.82) is 0 Å². The molecule has 0 atom stereocenters. The number of hydrogen-bond donors (Lipinski definition) is 0. The Labute approximate surface area is 879 Å². The maximum Gasteiger partial charge on any atom is 0.0713 e. The molecule has 24 aromatic rings. The van der Waals surface area contributed by atoms with Crippen molar-refractivity contribution in [2.75, 3.05) is 14.7 Å². The molecule has 0 spiro atoms. The van der Waals surface area contributed by atoms with Gasteiger partial charge in [-0.3, -0.25) is 0 Å². The van der Waals surface area contributed by atoms with Gasteiger partial charge in [0, 0.05) is 51.1 Å². The van der Waals surface area contributed by atoms with E-state index >= 15 is 0 Å². The molecule has 0 bridgehead atoms. The van der Waals surface area contributed by atoms with Gasteiger partial charge in [-0.05, 0) is 277 Å². The van der Waals surface area contributed by atoms with E-state index in [1.807, 2.05) is 0 Å². The van der Waals surface area contributed by atoms with Crippen molar-refractivity contribution < 1.29 is 0 Å². The third-order valence-corrected chi connectivity index (χ3v) is 30.5. The smallest absolute Gasteiger partial charge is 0.0713 e. The summed E-state index contributed by atoms with van der Waals surface area (Å²) in [5.41, 5.74) is 46.6. The number of nitrogens with zero attached hydrogens (tertiary/aromatic N) is 3. The van der Waals surface area contributed by atoms with Crippen molar-refractivity contribution in [2.45, 2.75) is 16.2 Å². The highest BCUT2D eigenvalue weighted by Gasteiger charge is 2.49. The predicted molar refractivity (Wildman–Crippen MR) is 628 cm³/mol. The summed E-state index contributed by atoms with van der Waals surface area (Å²) >= 11 is 0. The van der Waals surface area contributed by atoms with Gasteiger partial charge in [-0.25, -0.2) is 0 Å². The van der Waals surface area contributed by atoms with Crippen molar-refractivity contribution in [3.8, 4) is 100 Å². The Hall–Kier alpha value is -19.3. The molecule has 0 unspecified atom stereocenters. The van der Waals surface area contributed by atoms with Gasteiger partial charge in [0.25, 0.3) is 0 Å². The fourth-order valence-electron chi connectivity index (χ4n) is 23.8. The SMILES string of the molecule is c1ccc(-c2ccc(N(c3ccccc3)c3ccc(-c4cccc(C5(c6ccccc6)c6ccccc6-c6ccccc65)c4)cc3)cc2)cc1.c1ccc(-c2ccc(N(c3ccccc3)c3cccc(-c4cccc(C5(c6ccccc6)c6ccccc6-c6ccccc65)c4)c3)cc2)cc1.c1ccc(-c2ccc(N(c3ccccc3)c3ccccc3-c3ccc(C4(c5ccccc5)c5ccccc5-c5ccccc54)cc3)cc2)cc1. The summed E-state index contributed by atoms with van der Waals surface area (Å²) in [6.07, 6.45) is 0. The Balaban J connectivity index is 0.000000116. The standard InChI is InChI=1S/3C49H35N/c1-4-16-36(17-5-1)37-30-34-42(35-31-37)50(41-20-8-3-9-21-41)48-27-15-12-22-43(48)38-28-32-40(33-29-38)49(39-18-6-2-7-19-39)46-25-13-10-23-44(46)45-24-11-14-26-47(45)49;1-4-16-36(17-5-1)37-30-32-43(33-31-37)50(42-23-8-3-9-24-42)44-25-15-19-39(35-44)38-18-14-22-41(34-38)49(40-20-6-2-7-21-40)47-28-12-10-26-45(47)46-27-11-13-29-48(46)49;1-4-15-36(16-5-1)37-27-31-43(32-28-37)50(42-21-8-3-9-22-42)44-33-29-38(30-34-44)39-17-14-20-41(35-39)49(40-18-6-2-7-19-40)47-25-12-10-23-45(47)46-24-11-13-26-48(46)49/h3*1-35H. The van der Waals surface area contributed by atoms with Crippen LogP contribution in [0.5, 0.6) is 0 Å². The summed E-state index contributed by atoms with van der Waals surface area (Å²) in [4.78, 5) is 7.04. The van der Waals surface area contributed by atoms with E-state index in [9.17, 15) is 0 Å². The van der Waals surface area contributed by atoms with Crippen LogP contribution in [0.1, 0.15) is 66.8 Å². The van der Waals surface area contributed by atoms with Crippen LogP contribution in [0.15, 0.2) is 637 Å². The third-order valence-electron chi connectivity index (χ3n) is 30.5. The highest BCUT2D eigenvalue weighted by molar-refractivity contribution is 5.94. The molecule has 150 heavy (non-hydrogen) atoms. The van der Waals surface area contributed by atoms with E-state index in [1.165, 1.54) is 167 Å². The second kappa shape index (κ2) is 40.7. The van der Waals surface area contributed by atoms with E-state index in [2.05, 4.69) is 652 Å². The van der Waals surface area contributed by atoms with E-state index < -0.39 is 16.2 Å².